The predicted octanol–water partition coefficient (Wildman–Crippen LogP) is 3.72. The predicted molar refractivity (Wildman–Crippen MR) is 60.6 cm³/mol. The van der Waals surface area contributed by atoms with Gasteiger partial charge in [-0.15, -0.1) is 0 Å². The number of rotatable bonds is 0. The first kappa shape index (κ1) is 8.05. The molecule has 0 bridgehead atoms. The summed E-state index contributed by atoms with van der Waals surface area (Å²) in [6.07, 6.45) is 5.20. The van der Waals surface area contributed by atoms with Crippen molar-refractivity contribution in [1.82, 2.24) is 0 Å². The third kappa shape index (κ3) is 1.14. The summed E-state index contributed by atoms with van der Waals surface area (Å²) in [5.74, 6) is 0. The van der Waals surface area contributed by atoms with Crippen LogP contribution >= 0.6 is 0 Å². The van der Waals surface area contributed by atoms with Gasteiger partial charge < -0.3 is 0 Å². The zero-order chi connectivity index (χ0) is 9.38. The Balaban J connectivity index is 2.41. The standard InChI is InChI=1S/C14H14/c1-2-6-12-8-4-10-13-9-3-7-11(5-1)14(12)13/h3-4,7-10H,1-2,5-6H2. The van der Waals surface area contributed by atoms with Gasteiger partial charge in [-0.3, -0.25) is 0 Å². The summed E-state index contributed by atoms with van der Waals surface area (Å²) in [7, 11) is 0. The van der Waals surface area contributed by atoms with E-state index in [1.165, 1.54) is 36.5 Å². The maximum Gasteiger partial charge on any atom is -0.0120 e. The molecular weight excluding hydrogens is 168 g/mol. The van der Waals surface area contributed by atoms with Crippen LogP contribution in [0.4, 0.5) is 0 Å². The van der Waals surface area contributed by atoms with Gasteiger partial charge in [0.25, 0.3) is 0 Å². The second-order valence-corrected chi connectivity index (χ2v) is 4.14. The van der Waals surface area contributed by atoms with Gasteiger partial charge in [0.15, 0.2) is 0 Å². The first-order valence-electron chi connectivity index (χ1n) is 5.45. The summed E-state index contributed by atoms with van der Waals surface area (Å²) in [4.78, 5) is 0. The lowest BCUT2D eigenvalue weighted by atomic mass is 9.98. The van der Waals surface area contributed by atoms with Gasteiger partial charge in [-0.25, -0.2) is 0 Å². The van der Waals surface area contributed by atoms with Crippen LogP contribution in [-0.4, -0.2) is 0 Å². The van der Waals surface area contributed by atoms with Crippen molar-refractivity contribution in [2.24, 2.45) is 0 Å². The summed E-state index contributed by atoms with van der Waals surface area (Å²) in [6.45, 7) is 0. The number of aryl methyl sites for hydroxylation is 2. The Morgan fingerprint density at radius 1 is 0.714 bits per heavy atom. The van der Waals surface area contributed by atoms with Gasteiger partial charge in [-0.2, -0.15) is 0 Å². The van der Waals surface area contributed by atoms with E-state index in [4.69, 9.17) is 0 Å². The zero-order valence-electron chi connectivity index (χ0n) is 8.29. The van der Waals surface area contributed by atoms with Crippen LogP contribution in [0.3, 0.4) is 0 Å². The number of hydrogen-bond acceptors (Lipinski definition) is 0. The molecule has 0 N–H and O–H groups in total. The number of hydrogen-bond donors (Lipinski definition) is 0. The maximum absolute atomic E-state index is 2.29. The van der Waals surface area contributed by atoms with E-state index in [9.17, 15) is 0 Å². The zero-order valence-corrected chi connectivity index (χ0v) is 8.29. The van der Waals surface area contributed by atoms with E-state index in [1.807, 2.05) is 0 Å². The summed E-state index contributed by atoms with van der Waals surface area (Å²) in [5.41, 5.74) is 3.10. The molecular formula is C14H14. The Kier molecular flexibility index (Phi) is 1.80. The molecule has 14 heavy (non-hydrogen) atoms. The summed E-state index contributed by atoms with van der Waals surface area (Å²) in [6, 6.07) is 13.4. The minimum absolute atomic E-state index is 1.26. The highest BCUT2D eigenvalue weighted by Crippen LogP contribution is 2.28. The van der Waals surface area contributed by atoms with E-state index < -0.39 is 0 Å². The van der Waals surface area contributed by atoms with E-state index >= 15 is 0 Å². The van der Waals surface area contributed by atoms with Gasteiger partial charge >= 0.3 is 0 Å². The lowest BCUT2D eigenvalue weighted by molar-refractivity contribution is 0.753. The van der Waals surface area contributed by atoms with Crippen LogP contribution in [0.15, 0.2) is 36.4 Å². The Bertz CT molecular complexity index is 428. The fourth-order valence-electron chi connectivity index (χ4n) is 2.55. The molecule has 0 aliphatic heterocycles. The molecule has 0 aromatic heterocycles. The van der Waals surface area contributed by atoms with Crippen LogP contribution in [0.5, 0.6) is 0 Å². The van der Waals surface area contributed by atoms with Crippen LogP contribution in [0.25, 0.3) is 10.8 Å². The Labute approximate surface area is 84.6 Å². The largest absolute Gasteiger partial charge is 0.0614 e. The van der Waals surface area contributed by atoms with Crippen LogP contribution in [-0.2, 0) is 12.8 Å². The highest BCUT2D eigenvalue weighted by Gasteiger charge is 2.09. The second kappa shape index (κ2) is 3.13. The molecule has 3 rings (SSSR count). The van der Waals surface area contributed by atoms with E-state index in [0.717, 1.165) is 0 Å². The molecule has 0 radical (unpaired) electrons. The van der Waals surface area contributed by atoms with Crippen molar-refractivity contribution in [2.75, 3.05) is 0 Å². The van der Waals surface area contributed by atoms with Crippen molar-refractivity contribution in [1.29, 1.82) is 0 Å². The minimum atomic E-state index is 1.26. The molecule has 0 saturated heterocycles. The number of benzene rings is 2. The fraction of sp³-hybridized carbons (Fsp3) is 0.286. The molecule has 0 atom stereocenters. The van der Waals surface area contributed by atoms with Gasteiger partial charge in [-0.05, 0) is 47.6 Å². The fourth-order valence-corrected chi connectivity index (χ4v) is 2.55. The third-order valence-corrected chi connectivity index (χ3v) is 3.22. The molecule has 1 aliphatic rings. The third-order valence-electron chi connectivity index (χ3n) is 3.22. The van der Waals surface area contributed by atoms with Crippen LogP contribution < -0.4 is 0 Å². The average molecular weight is 182 g/mol. The van der Waals surface area contributed by atoms with E-state index in [2.05, 4.69) is 36.4 Å². The van der Waals surface area contributed by atoms with Crippen molar-refractivity contribution in [3.63, 3.8) is 0 Å². The molecule has 2 aromatic carbocycles. The summed E-state index contributed by atoms with van der Waals surface area (Å²) >= 11 is 0. The average Bonchev–Trinajstić information content (AvgIpc) is 2.44. The molecule has 70 valence electrons. The van der Waals surface area contributed by atoms with Gasteiger partial charge in [0, 0.05) is 0 Å². The van der Waals surface area contributed by atoms with Crippen molar-refractivity contribution in [2.45, 2.75) is 25.7 Å². The van der Waals surface area contributed by atoms with Crippen molar-refractivity contribution >= 4 is 10.8 Å². The molecule has 0 fully saturated rings. The first-order chi connectivity index (χ1) is 6.95. The molecule has 0 nitrogen and oxygen atoms in total. The summed E-state index contributed by atoms with van der Waals surface area (Å²) in [5, 5.41) is 2.95. The maximum atomic E-state index is 2.29. The molecule has 2 aromatic rings. The highest BCUT2D eigenvalue weighted by atomic mass is 14.1. The van der Waals surface area contributed by atoms with E-state index in [-0.39, 0.29) is 0 Å². The van der Waals surface area contributed by atoms with E-state index in [0.29, 0.717) is 0 Å². The van der Waals surface area contributed by atoms with Gasteiger partial charge in [-0.1, -0.05) is 36.4 Å². The quantitative estimate of drug-likeness (QED) is 0.582. The molecule has 0 unspecified atom stereocenters. The van der Waals surface area contributed by atoms with Crippen molar-refractivity contribution in [3.05, 3.63) is 47.5 Å². The molecule has 0 amide bonds. The summed E-state index contributed by atoms with van der Waals surface area (Å²) < 4.78 is 0. The SMILES string of the molecule is c1cc2c3c(cccc3c1)CCCC2. The van der Waals surface area contributed by atoms with E-state index in [1.54, 1.807) is 11.1 Å². The molecule has 0 saturated carbocycles. The Morgan fingerprint density at radius 3 is 1.86 bits per heavy atom. The monoisotopic (exact) mass is 182 g/mol. The van der Waals surface area contributed by atoms with Crippen LogP contribution in [0.2, 0.25) is 0 Å². The topological polar surface area (TPSA) is 0 Å². The molecule has 1 aliphatic carbocycles. The smallest absolute Gasteiger partial charge is 0.0120 e. The van der Waals surface area contributed by atoms with Crippen molar-refractivity contribution < 1.29 is 0 Å². The Hall–Kier alpha value is -1.30. The van der Waals surface area contributed by atoms with Gasteiger partial charge in [0.1, 0.15) is 0 Å². The second-order valence-electron chi connectivity index (χ2n) is 4.14. The van der Waals surface area contributed by atoms with Gasteiger partial charge in [0.05, 0.1) is 0 Å². The molecule has 0 spiro atoms. The lowest BCUT2D eigenvalue weighted by Gasteiger charge is -2.06. The first-order valence-corrected chi connectivity index (χ1v) is 5.45. The van der Waals surface area contributed by atoms with Crippen LogP contribution in [0, 0.1) is 0 Å². The minimum Gasteiger partial charge on any atom is -0.0614 e. The van der Waals surface area contributed by atoms with Crippen molar-refractivity contribution in [3.8, 4) is 0 Å². The van der Waals surface area contributed by atoms with Gasteiger partial charge in [0.2, 0.25) is 0 Å². The normalized spacial score (nSPS) is 15.4. The molecule has 0 heterocycles. The van der Waals surface area contributed by atoms with Crippen LogP contribution in [0.1, 0.15) is 24.0 Å². The lowest BCUT2D eigenvalue weighted by Crippen LogP contribution is -1.86. The Morgan fingerprint density at radius 2 is 1.29 bits per heavy atom. The molecule has 0 heteroatoms. The highest BCUT2D eigenvalue weighted by molar-refractivity contribution is 5.89.